The molecule has 0 radical (unpaired) electrons. The SMILES string of the molecule is Cc1sc2ncnc(N3CCC(C(=O)NCC(Nc4ccccc4)C(C)C)CC3)c2c1C. The van der Waals surface area contributed by atoms with Gasteiger partial charge < -0.3 is 15.5 Å². The van der Waals surface area contributed by atoms with Crippen LogP contribution in [0.25, 0.3) is 10.2 Å². The molecule has 1 aliphatic heterocycles. The fourth-order valence-electron chi connectivity index (χ4n) is 4.31. The summed E-state index contributed by atoms with van der Waals surface area (Å²) in [5, 5.41) is 7.93. The Morgan fingerprint density at radius 3 is 2.56 bits per heavy atom. The van der Waals surface area contributed by atoms with Crippen LogP contribution in [0.4, 0.5) is 11.5 Å². The van der Waals surface area contributed by atoms with E-state index in [1.54, 1.807) is 17.7 Å². The number of piperidine rings is 1. The minimum Gasteiger partial charge on any atom is -0.380 e. The number of para-hydroxylation sites is 1. The summed E-state index contributed by atoms with van der Waals surface area (Å²) in [4.78, 5) is 26.6. The number of benzene rings is 1. The summed E-state index contributed by atoms with van der Waals surface area (Å²) < 4.78 is 0. The lowest BCUT2D eigenvalue weighted by Gasteiger charge is -2.33. The Bertz CT molecular complexity index is 1060. The summed E-state index contributed by atoms with van der Waals surface area (Å²) >= 11 is 1.73. The van der Waals surface area contributed by atoms with Crippen molar-refractivity contribution in [2.24, 2.45) is 11.8 Å². The minimum atomic E-state index is 0.0541. The normalized spacial score (nSPS) is 15.8. The van der Waals surface area contributed by atoms with E-state index in [1.165, 1.54) is 15.8 Å². The Kier molecular flexibility index (Phi) is 6.94. The Morgan fingerprint density at radius 1 is 1.16 bits per heavy atom. The maximum absolute atomic E-state index is 12.9. The maximum Gasteiger partial charge on any atom is 0.223 e. The summed E-state index contributed by atoms with van der Waals surface area (Å²) in [6, 6.07) is 10.4. The Balaban J connectivity index is 1.34. The number of aryl methyl sites for hydroxylation is 2. The molecule has 1 aliphatic rings. The number of hydrogen-bond acceptors (Lipinski definition) is 6. The van der Waals surface area contributed by atoms with Crippen molar-refractivity contribution < 1.29 is 4.79 Å². The molecule has 32 heavy (non-hydrogen) atoms. The molecule has 1 unspecified atom stereocenters. The first-order valence-corrected chi connectivity index (χ1v) is 12.3. The van der Waals surface area contributed by atoms with Crippen LogP contribution in [0.2, 0.25) is 0 Å². The molecule has 170 valence electrons. The van der Waals surface area contributed by atoms with E-state index in [-0.39, 0.29) is 17.9 Å². The van der Waals surface area contributed by atoms with Crippen molar-refractivity contribution in [2.75, 3.05) is 29.9 Å². The third-order valence-corrected chi connectivity index (χ3v) is 7.65. The van der Waals surface area contributed by atoms with Crippen LogP contribution in [0.1, 0.15) is 37.1 Å². The summed E-state index contributed by atoms with van der Waals surface area (Å²) in [6.45, 7) is 11.0. The first-order chi connectivity index (χ1) is 15.4. The molecule has 1 amide bonds. The zero-order valence-corrected chi connectivity index (χ0v) is 20.2. The molecule has 0 bridgehead atoms. The number of nitrogens with zero attached hydrogens (tertiary/aromatic N) is 3. The lowest BCUT2D eigenvalue weighted by molar-refractivity contribution is -0.125. The van der Waals surface area contributed by atoms with E-state index in [1.807, 2.05) is 18.2 Å². The number of hydrogen-bond donors (Lipinski definition) is 2. The van der Waals surface area contributed by atoms with Gasteiger partial charge in [0.2, 0.25) is 5.91 Å². The van der Waals surface area contributed by atoms with Crippen LogP contribution in [-0.2, 0) is 4.79 Å². The van der Waals surface area contributed by atoms with Crippen molar-refractivity contribution in [2.45, 2.75) is 46.6 Å². The largest absolute Gasteiger partial charge is 0.380 e. The lowest BCUT2D eigenvalue weighted by atomic mass is 9.95. The fourth-order valence-corrected chi connectivity index (χ4v) is 5.31. The average Bonchev–Trinajstić information content (AvgIpc) is 3.10. The molecule has 0 spiro atoms. The van der Waals surface area contributed by atoms with E-state index in [9.17, 15) is 4.79 Å². The minimum absolute atomic E-state index is 0.0541. The second-order valence-electron chi connectivity index (χ2n) is 9.03. The van der Waals surface area contributed by atoms with Crippen molar-refractivity contribution in [1.29, 1.82) is 0 Å². The Hall–Kier alpha value is -2.67. The molecule has 1 atom stereocenters. The number of amides is 1. The molecule has 2 aromatic heterocycles. The molecule has 3 aromatic rings. The Labute approximate surface area is 194 Å². The van der Waals surface area contributed by atoms with Gasteiger partial charge >= 0.3 is 0 Å². The predicted octanol–water partition coefficient (Wildman–Crippen LogP) is 4.78. The number of aromatic nitrogens is 2. The van der Waals surface area contributed by atoms with Crippen LogP contribution in [0, 0.1) is 25.7 Å². The highest BCUT2D eigenvalue weighted by atomic mass is 32.1. The molecule has 1 fully saturated rings. The smallest absolute Gasteiger partial charge is 0.223 e. The van der Waals surface area contributed by atoms with Crippen molar-refractivity contribution >= 4 is 39.0 Å². The van der Waals surface area contributed by atoms with E-state index >= 15 is 0 Å². The predicted molar refractivity (Wildman–Crippen MR) is 134 cm³/mol. The zero-order chi connectivity index (χ0) is 22.7. The van der Waals surface area contributed by atoms with Gasteiger partial charge in [-0.2, -0.15) is 0 Å². The summed E-state index contributed by atoms with van der Waals surface area (Å²) in [6.07, 6.45) is 3.35. The van der Waals surface area contributed by atoms with Crippen LogP contribution >= 0.6 is 11.3 Å². The van der Waals surface area contributed by atoms with Crippen molar-refractivity contribution in [3.8, 4) is 0 Å². The second kappa shape index (κ2) is 9.86. The van der Waals surface area contributed by atoms with E-state index in [2.05, 4.69) is 65.3 Å². The number of rotatable bonds is 7. The quantitative estimate of drug-likeness (QED) is 0.541. The second-order valence-corrected chi connectivity index (χ2v) is 10.2. The highest BCUT2D eigenvalue weighted by Crippen LogP contribution is 2.35. The zero-order valence-electron chi connectivity index (χ0n) is 19.4. The van der Waals surface area contributed by atoms with Crippen LogP contribution in [0.15, 0.2) is 36.7 Å². The summed E-state index contributed by atoms with van der Waals surface area (Å²) in [7, 11) is 0. The number of fused-ring (bicyclic) bond motifs is 1. The summed E-state index contributed by atoms with van der Waals surface area (Å²) in [5.74, 6) is 1.65. The molecule has 7 heteroatoms. The van der Waals surface area contributed by atoms with Gasteiger partial charge in [-0.1, -0.05) is 32.0 Å². The van der Waals surface area contributed by atoms with Crippen molar-refractivity contribution in [1.82, 2.24) is 15.3 Å². The van der Waals surface area contributed by atoms with Gasteiger partial charge in [-0.15, -0.1) is 11.3 Å². The van der Waals surface area contributed by atoms with Crippen LogP contribution in [-0.4, -0.2) is 41.6 Å². The van der Waals surface area contributed by atoms with Crippen molar-refractivity contribution in [3.63, 3.8) is 0 Å². The fraction of sp³-hybridized carbons (Fsp3) is 0.480. The molecule has 1 aromatic carbocycles. The van der Waals surface area contributed by atoms with Crippen LogP contribution in [0.5, 0.6) is 0 Å². The number of carbonyl (C=O) groups excluding carboxylic acids is 1. The lowest BCUT2D eigenvalue weighted by Crippen LogP contribution is -2.45. The van der Waals surface area contributed by atoms with Gasteiger partial charge in [0, 0.05) is 42.2 Å². The molecule has 0 saturated carbocycles. The molecule has 2 N–H and O–H groups in total. The van der Waals surface area contributed by atoms with Crippen molar-refractivity contribution in [3.05, 3.63) is 47.1 Å². The molecule has 3 heterocycles. The highest BCUT2D eigenvalue weighted by molar-refractivity contribution is 7.18. The summed E-state index contributed by atoms with van der Waals surface area (Å²) in [5.41, 5.74) is 2.36. The molecule has 0 aliphatic carbocycles. The maximum atomic E-state index is 12.9. The standard InChI is InChI=1S/C25H33N5OS/c1-16(2)21(29-20-8-6-5-7-9-20)14-26-24(31)19-10-12-30(13-11-19)23-22-17(3)18(4)32-25(22)28-15-27-23/h5-9,15-16,19,21,29H,10-14H2,1-4H3,(H,26,31). The number of thiophene rings is 1. The molecule has 4 rings (SSSR count). The van der Waals surface area contributed by atoms with Gasteiger partial charge in [-0.05, 0) is 50.3 Å². The number of carbonyl (C=O) groups is 1. The topological polar surface area (TPSA) is 70.2 Å². The monoisotopic (exact) mass is 451 g/mol. The molecule has 6 nitrogen and oxygen atoms in total. The van der Waals surface area contributed by atoms with Crippen LogP contribution in [0.3, 0.4) is 0 Å². The van der Waals surface area contributed by atoms with E-state index < -0.39 is 0 Å². The first-order valence-electron chi connectivity index (χ1n) is 11.5. The van der Waals surface area contributed by atoms with Gasteiger partial charge in [0.15, 0.2) is 0 Å². The van der Waals surface area contributed by atoms with E-state index in [4.69, 9.17) is 0 Å². The average molecular weight is 452 g/mol. The third kappa shape index (κ3) is 4.88. The van der Waals surface area contributed by atoms with E-state index in [0.29, 0.717) is 12.5 Å². The third-order valence-electron chi connectivity index (χ3n) is 6.54. The first kappa shape index (κ1) is 22.5. The highest BCUT2D eigenvalue weighted by Gasteiger charge is 2.28. The van der Waals surface area contributed by atoms with Gasteiger partial charge in [-0.25, -0.2) is 9.97 Å². The molecule has 1 saturated heterocycles. The van der Waals surface area contributed by atoms with Gasteiger partial charge in [0.05, 0.1) is 5.39 Å². The van der Waals surface area contributed by atoms with Crippen LogP contribution < -0.4 is 15.5 Å². The van der Waals surface area contributed by atoms with Gasteiger partial charge in [0.25, 0.3) is 0 Å². The van der Waals surface area contributed by atoms with E-state index in [0.717, 1.165) is 42.3 Å². The molecular weight excluding hydrogens is 418 g/mol. The van der Waals surface area contributed by atoms with Gasteiger partial charge in [-0.3, -0.25) is 4.79 Å². The van der Waals surface area contributed by atoms with Gasteiger partial charge in [0.1, 0.15) is 17.0 Å². The number of anilines is 2. The molecular formula is C25H33N5OS. The Morgan fingerprint density at radius 2 is 1.88 bits per heavy atom. The number of nitrogens with one attached hydrogen (secondary N) is 2.